The Balaban J connectivity index is 2.11. The summed E-state index contributed by atoms with van der Waals surface area (Å²) in [5.74, 6) is 0.241. The van der Waals surface area contributed by atoms with Crippen molar-refractivity contribution in [2.24, 2.45) is 11.8 Å². The van der Waals surface area contributed by atoms with Crippen LogP contribution in [0.15, 0.2) is 12.1 Å². The van der Waals surface area contributed by atoms with Crippen LogP contribution in [0.1, 0.15) is 43.5 Å². The molecule has 3 N–H and O–H groups in total. The van der Waals surface area contributed by atoms with Crippen LogP contribution in [0, 0.1) is 17.7 Å². The van der Waals surface area contributed by atoms with E-state index >= 15 is 0 Å². The van der Waals surface area contributed by atoms with E-state index in [0.717, 1.165) is 6.42 Å². The second-order valence-electron chi connectivity index (χ2n) is 5.69. The van der Waals surface area contributed by atoms with Crippen LogP contribution >= 0.6 is 0 Å². The minimum atomic E-state index is -0.521. The lowest BCUT2D eigenvalue weighted by atomic mass is 9.98. The summed E-state index contributed by atoms with van der Waals surface area (Å²) in [4.78, 5) is 11.8. The Morgan fingerprint density at radius 1 is 1.48 bits per heavy atom. The molecule has 1 fully saturated rings. The van der Waals surface area contributed by atoms with Crippen LogP contribution in [0.4, 0.5) is 15.8 Å². The largest absolute Gasteiger partial charge is 0.462 e. The molecule has 0 bridgehead atoms. The first kappa shape index (κ1) is 15.6. The lowest BCUT2D eigenvalue weighted by Gasteiger charge is -2.18. The van der Waals surface area contributed by atoms with Gasteiger partial charge in [0, 0.05) is 12.2 Å². The third-order valence-corrected chi connectivity index (χ3v) is 4.23. The van der Waals surface area contributed by atoms with Crippen LogP contribution in [-0.2, 0) is 4.74 Å². The summed E-state index contributed by atoms with van der Waals surface area (Å²) in [6.07, 6.45) is 3.62. The zero-order chi connectivity index (χ0) is 15.4. The number of carbonyl (C=O) groups is 1. The normalized spacial score (nSPS) is 21.3. The number of nitrogens with one attached hydrogen (secondary N) is 1. The number of hydrogen-bond donors (Lipinski definition) is 2. The highest BCUT2D eigenvalue weighted by Crippen LogP contribution is 2.32. The van der Waals surface area contributed by atoms with Gasteiger partial charge in [-0.2, -0.15) is 0 Å². The van der Waals surface area contributed by atoms with Gasteiger partial charge in [0.05, 0.1) is 17.9 Å². The number of rotatable bonds is 5. The fraction of sp³-hybridized carbons (Fsp3) is 0.562. The van der Waals surface area contributed by atoms with E-state index in [2.05, 4.69) is 12.2 Å². The number of esters is 1. The van der Waals surface area contributed by atoms with E-state index in [-0.39, 0.29) is 17.9 Å². The second-order valence-corrected chi connectivity index (χ2v) is 5.69. The summed E-state index contributed by atoms with van der Waals surface area (Å²) in [6.45, 7) is 4.92. The van der Waals surface area contributed by atoms with E-state index in [1.807, 2.05) is 0 Å². The molecule has 0 saturated heterocycles. The Hall–Kier alpha value is -1.78. The molecule has 1 aliphatic rings. The Kier molecular flexibility index (Phi) is 5.04. The summed E-state index contributed by atoms with van der Waals surface area (Å²) in [6, 6.07) is 2.62. The number of halogens is 1. The molecule has 0 aliphatic heterocycles. The molecule has 0 radical (unpaired) electrons. The molecule has 1 aromatic rings. The third-order valence-electron chi connectivity index (χ3n) is 4.23. The molecule has 0 aromatic heterocycles. The van der Waals surface area contributed by atoms with E-state index in [9.17, 15) is 9.18 Å². The predicted octanol–water partition coefficient (Wildman–Crippen LogP) is 3.43. The molecule has 21 heavy (non-hydrogen) atoms. The van der Waals surface area contributed by atoms with Gasteiger partial charge >= 0.3 is 5.97 Å². The Bertz CT molecular complexity index is 519. The van der Waals surface area contributed by atoms with Gasteiger partial charge in [0.15, 0.2) is 0 Å². The Morgan fingerprint density at radius 2 is 2.24 bits per heavy atom. The minimum Gasteiger partial charge on any atom is -0.462 e. The highest BCUT2D eigenvalue weighted by Gasteiger charge is 2.23. The smallest absolute Gasteiger partial charge is 0.340 e. The zero-order valence-corrected chi connectivity index (χ0v) is 12.6. The van der Waals surface area contributed by atoms with E-state index in [0.29, 0.717) is 24.1 Å². The molecule has 1 aromatic carbocycles. The van der Waals surface area contributed by atoms with Crippen molar-refractivity contribution in [1.82, 2.24) is 0 Å². The van der Waals surface area contributed by atoms with Crippen molar-refractivity contribution in [3.8, 4) is 0 Å². The van der Waals surface area contributed by atoms with Crippen LogP contribution < -0.4 is 11.1 Å². The van der Waals surface area contributed by atoms with Crippen molar-refractivity contribution in [3.05, 3.63) is 23.5 Å². The molecule has 0 amide bonds. The molecule has 2 atom stereocenters. The Morgan fingerprint density at radius 3 is 2.86 bits per heavy atom. The second kappa shape index (κ2) is 6.78. The quantitative estimate of drug-likeness (QED) is 0.645. The number of benzene rings is 1. The summed E-state index contributed by atoms with van der Waals surface area (Å²) in [5.41, 5.74) is 6.32. The first-order chi connectivity index (χ1) is 10.0. The van der Waals surface area contributed by atoms with Crippen molar-refractivity contribution >= 4 is 17.3 Å². The number of carbonyl (C=O) groups excluding carboxylic acids is 1. The summed E-state index contributed by atoms with van der Waals surface area (Å²) in [7, 11) is 0. The van der Waals surface area contributed by atoms with Gasteiger partial charge in [0.2, 0.25) is 0 Å². The topological polar surface area (TPSA) is 64.3 Å². The number of nitrogens with two attached hydrogens (primary N) is 1. The van der Waals surface area contributed by atoms with E-state index in [4.69, 9.17) is 10.5 Å². The first-order valence-electron chi connectivity index (χ1n) is 7.53. The van der Waals surface area contributed by atoms with Crippen LogP contribution in [0.25, 0.3) is 0 Å². The van der Waals surface area contributed by atoms with Gasteiger partial charge in [0.25, 0.3) is 0 Å². The van der Waals surface area contributed by atoms with Crippen LogP contribution in [0.2, 0.25) is 0 Å². The fourth-order valence-corrected chi connectivity index (χ4v) is 2.88. The van der Waals surface area contributed by atoms with E-state index in [1.165, 1.54) is 25.0 Å². The molecule has 2 rings (SSSR count). The van der Waals surface area contributed by atoms with Crippen molar-refractivity contribution in [2.45, 2.75) is 33.1 Å². The molecule has 4 nitrogen and oxygen atoms in total. The standard InChI is InChI=1S/C16H23FN2O2/c1-3-21-16(20)12-7-15(13(17)8-14(12)18)19-9-11-6-4-5-10(11)2/h7-8,10-11,19H,3-6,9,18H2,1-2H3. The summed E-state index contributed by atoms with van der Waals surface area (Å²) in [5, 5.41) is 3.11. The highest BCUT2D eigenvalue weighted by atomic mass is 19.1. The molecule has 0 heterocycles. The van der Waals surface area contributed by atoms with Gasteiger partial charge in [-0.25, -0.2) is 9.18 Å². The Labute approximate surface area is 124 Å². The van der Waals surface area contributed by atoms with E-state index < -0.39 is 11.8 Å². The maximum Gasteiger partial charge on any atom is 0.340 e. The highest BCUT2D eigenvalue weighted by molar-refractivity contribution is 5.96. The van der Waals surface area contributed by atoms with Crippen molar-refractivity contribution in [2.75, 3.05) is 24.2 Å². The van der Waals surface area contributed by atoms with Gasteiger partial charge in [-0.15, -0.1) is 0 Å². The third kappa shape index (κ3) is 3.65. The maximum absolute atomic E-state index is 14.0. The van der Waals surface area contributed by atoms with Crippen molar-refractivity contribution in [3.63, 3.8) is 0 Å². The SMILES string of the molecule is CCOC(=O)c1cc(NCC2CCCC2C)c(F)cc1N. The number of ether oxygens (including phenoxy) is 1. The zero-order valence-electron chi connectivity index (χ0n) is 12.6. The number of nitrogen functional groups attached to an aromatic ring is 1. The fourth-order valence-electron chi connectivity index (χ4n) is 2.88. The van der Waals surface area contributed by atoms with Gasteiger partial charge in [0.1, 0.15) is 5.82 Å². The summed E-state index contributed by atoms with van der Waals surface area (Å²) < 4.78 is 18.9. The predicted molar refractivity (Wildman–Crippen MR) is 81.8 cm³/mol. The van der Waals surface area contributed by atoms with Crippen LogP contribution in [0.3, 0.4) is 0 Å². The molecule has 1 aliphatic carbocycles. The van der Waals surface area contributed by atoms with Gasteiger partial charge in [-0.05, 0) is 37.3 Å². The molecular formula is C16H23FN2O2. The molecule has 116 valence electrons. The monoisotopic (exact) mass is 294 g/mol. The molecule has 5 heteroatoms. The molecular weight excluding hydrogens is 271 g/mol. The van der Waals surface area contributed by atoms with E-state index in [1.54, 1.807) is 6.92 Å². The van der Waals surface area contributed by atoms with Crippen LogP contribution in [0.5, 0.6) is 0 Å². The minimum absolute atomic E-state index is 0.103. The average molecular weight is 294 g/mol. The molecule has 2 unspecified atom stereocenters. The van der Waals surface area contributed by atoms with Gasteiger partial charge < -0.3 is 15.8 Å². The number of hydrogen-bond acceptors (Lipinski definition) is 4. The average Bonchev–Trinajstić information content (AvgIpc) is 2.83. The van der Waals surface area contributed by atoms with Crippen molar-refractivity contribution < 1.29 is 13.9 Å². The summed E-state index contributed by atoms with van der Waals surface area (Å²) >= 11 is 0. The lowest BCUT2D eigenvalue weighted by Crippen LogP contribution is -2.18. The maximum atomic E-state index is 14.0. The van der Waals surface area contributed by atoms with Crippen LogP contribution in [-0.4, -0.2) is 19.1 Å². The molecule has 1 saturated carbocycles. The van der Waals surface area contributed by atoms with Crippen molar-refractivity contribution in [1.29, 1.82) is 0 Å². The lowest BCUT2D eigenvalue weighted by molar-refractivity contribution is 0.0527. The van der Waals surface area contributed by atoms with Gasteiger partial charge in [-0.1, -0.05) is 19.8 Å². The number of anilines is 2. The van der Waals surface area contributed by atoms with Gasteiger partial charge in [-0.3, -0.25) is 0 Å². The molecule has 0 spiro atoms. The first-order valence-corrected chi connectivity index (χ1v) is 7.53.